The monoisotopic (exact) mass is 289 g/mol. The first-order valence-corrected chi connectivity index (χ1v) is 6.91. The standard InChI is InChI=1S/C14H18ClF2NO/c1-11-9-19-13(7-15)8-18(11)10-14(16,17)12-5-3-2-4-6-12/h2-6,11,13H,7-10H2,1H3. The van der Waals surface area contributed by atoms with Gasteiger partial charge in [0, 0.05) is 24.0 Å². The lowest BCUT2D eigenvalue weighted by Gasteiger charge is -2.39. The number of alkyl halides is 3. The highest BCUT2D eigenvalue weighted by molar-refractivity contribution is 6.18. The highest BCUT2D eigenvalue weighted by atomic mass is 35.5. The summed E-state index contributed by atoms with van der Waals surface area (Å²) in [6.45, 7) is 2.50. The zero-order valence-corrected chi connectivity index (χ0v) is 11.6. The van der Waals surface area contributed by atoms with E-state index in [4.69, 9.17) is 16.3 Å². The van der Waals surface area contributed by atoms with Gasteiger partial charge in [-0.15, -0.1) is 11.6 Å². The van der Waals surface area contributed by atoms with E-state index in [0.29, 0.717) is 19.0 Å². The van der Waals surface area contributed by atoms with Crippen LogP contribution in [0.3, 0.4) is 0 Å². The van der Waals surface area contributed by atoms with Crippen molar-refractivity contribution < 1.29 is 13.5 Å². The summed E-state index contributed by atoms with van der Waals surface area (Å²) in [5.74, 6) is -2.52. The molecule has 1 aliphatic rings. The van der Waals surface area contributed by atoms with E-state index in [2.05, 4.69) is 0 Å². The van der Waals surface area contributed by atoms with Gasteiger partial charge < -0.3 is 4.74 Å². The fourth-order valence-corrected chi connectivity index (χ4v) is 2.40. The molecule has 0 amide bonds. The van der Waals surface area contributed by atoms with Crippen LogP contribution in [0, 0.1) is 0 Å². The summed E-state index contributed by atoms with van der Waals surface area (Å²) in [6, 6.07) is 7.91. The van der Waals surface area contributed by atoms with Crippen LogP contribution < -0.4 is 0 Å². The van der Waals surface area contributed by atoms with Gasteiger partial charge in [-0.3, -0.25) is 4.90 Å². The van der Waals surface area contributed by atoms with Crippen molar-refractivity contribution in [2.45, 2.75) is 25.0 Å². The zero-order valence-electron chi connectivity index (χ0n) is 10.9. The summed E-state index contributed by atoms with van der Waals surface area (Å²) in [4.78, 5) is 1.75. The van der Waals surface area contributed by atoms with Crippen LogP contribution in [0.4, 0.5) is 8.78 Å². The lowest BCUT2D eigenvalue weighted by atomic mass is 10.1. The van der Waals surface area contributed by atoms with Gasteiger partial charge in [0.05, 0.1) is 19.3 Å². The average molecular weight is 290 g/mol. The molecule has 2 nitrogen and oxygen atoms in total. The molecule has 0 spiro atoms. The average Bonchev–Trinajstić information content (AvgIpc) is 2.42. The fourth-order valence-electron chi connectivity index (χ4n) is 2.22. The number of hydrogen-bond acceptors (Lipinski definition) is 2. The lowest BCUT2D eigenvalue weighted by molar-refractivity contribution is -0.100. The number of hydrogen-bond donors (Lipinski definition) is 0. The Hall–Kier alpha value is -0.710. The van der Waals surface area contributed by atoms with Crippen molar-refractivity contribution in [2.75, 3.05) is 25.6 Å². The van der Waals surface area contributed by atoms with Gasteiger partial charge in [0.1, 0.15) is 0 Å². The molecule has 0 saturated carbocycles. The minimum Gasteiger partial charge on any atom is -0.374 e. The van der Waals surface area contributed by atoms with Crippen LogP contribution >= 0.6 is 11.6 Å². The van der Waals surface area contributed by atoms with E-state index in [1.165, 1.54) is 12.1 Å². The summed E-state index contributed by atoms with van der Waals surface area (Å²) >= 11 is 5.74. The van der Waals surface area contributed by atoms with Gasteiger partial charge in [0.25, 0.3) is 5.92 Å². The van der Waals surface area contributed by atoms with Crippen molar-refractivity contribution in [3.8, 4) is 0 Å². The normalized spacial score (nSPS) is 25.5. The van der Waals surface area contributed by atoms with Crippen LogP contribution in [0.5, 0.6) is 0 Å². The molecular formula is C14H18ClF2NO. The molecule has 2 atom stereocenters. The van der Waals surface area contributed by atoms with Crippen LogP contribution in [0.2, 0.25) is 0 Å². The summed E-state index contributed by atoms with van der Waals surface area (Å²) in [7, 11) is 0. The third kappa shape index (κ3) is 3.65. The van der Waals surface area contributed by atoms with E-state index < -0.39 is 5.92 Å². The molecule has 19 heavy (non-hydrogen) atoms. The predicted molar refractivity (Wildman–Crippen MR) is 71.8 cm³/mol. The van der Waals surface area contributed by atoms with Gasteiger partial charge in [0.15, 0.2) is 0 Å². The maximum atomic E-state index is 14.2. The second kappa shape index (κ2) is 6.16. The molecule has 2 rings (SSSR count). The zero-order chi connectivity index (χ0) is 13.9. The third-order valence-electron chi connectivity index (χ3n) is 3.40. The van der Waals surface area contributed by atoms with Crippen molar-refractivity contribution in [2.24, 2.45) is 0 Å². The largest absolute Gasteiger partial charge is 0.374 e. The van der Waals surface area contributed by atoms with Gasteiger partial charge in [0.2, 0.25) is 0 Å². The lowest BCUT2D eigenvalue weighted by Crippen LogP contribution is -2.52. The SMILES string of the molecule is CC1COC(CCl)CN1CC(F)(F)c1ccccc1. The van der Waals surface area contributed by atoms with E-state index in [1.54, 1.807) is 23.1 Å². The molecule has 0 aliphatic carbocycles. The molecule has 1 aromatic rings. The Bertz CT molecular complexity index is 402. The van der Waals surface area contributed by atoms with Gasteiger partial charge in [-0.1, -0.05) is 30.3 Å². The summed E-state index contributed by atoms with van der Waals surface area (Å²) in [5.41, 5.74) is 0.0520. The molecule has 2 unspecified atom stereocenters. The topological polar surface area (TPSA) is 12.5 Å². The Morgan fingerprint density at radius 2 is 2.05 bits per heavy atom. The smallest absolute Gasteiger partial charge is 0.285 e. The van der Waals surface area contributed by atoms with Crippen LogP contribution in [-0.2, 0) is 10.7 Å². The summed E-state index contributed by atoms with van der Waals surface area (Å²) in [6.07, 6.45) is -0.163. The molecule has 1 aliphatic heterocycles. The van der Waals surface area contributed by atoms with Crippen LogP contribution in [-0.4, -0.2) is 42.6 Å². The molecule has 0 aromatic heterocycles. The molecular weight excluding hydrogens is 272 g/mol. The minimum atomic E-state index is -2.86. The van der Waals surface area contributed by atoms with Crippen LogP contribution in [0.25, 0.3) is 0 Å². The van der Waals surface area contributed by atoms with E-state index in [-0.39, 0.29) is 24.3 Å². The number of rotatable bonds is 4. The second-order valence-corrected chi connectivity index (χ2v) is 5.27. The Labute approximate surface area is 117 Å². The predicted octanol–water partition coefficient (Wildman–Crippen LogP) is 3.11. The summed E-state index contributed by atoms with van der Waals surface area (Å²) in [5, 5.41) is 0. The van der Waals surface area contributed by atoms with Gasteiger partial charge in [-0.05, 0) is 6.92 Å². The van der Waals surface area contributed by atoms with Crippen molar-refractivity contribution in [3.63, 3.8) is 0 Å². The Kier molecular flexibility index (Phi) is 4.76. The number of nitrogens with zero attached hydrogens (tertiary/aromatic N) is 1. The van der Waals surface area contributed by atoms with E-state index in [9.17, 15) is 8.78 Å². The molecule has 1 heterocycles. The van der Waals surface area contributed by atoms with E-state index in [1.807, 2.05) is 6.92 Å². The van der Waals surface area contributed by atoms with Crippen molar-refractivity contribution in [3.05, 3.63) is 35.9 Å². The van der Waals surface area contributed by atoms with E-state index in [0.717, 1.165) is 0 Å². The Morgan fingerprint density at radius 3 is 2.68 bits per heavy atom. The molecule has 1 aromatic carbocycles. The van der Waals surface area contributed by atoms with Gasteiger partial charge in [-0.2, -0.15) is 8.78 Å². The Morgan fingerprint density at radius 1 is 1.37 bits per heavy atom. The number of morpholine rings is 1. The third-order valence-corrected chi connectivity index (χ3v) is 3.75. The van der Waals surface area contributed by atoms with Gasteiger partial charge >= 0.3 is 0 Å². The molecule has 0 bridgehead atoms. The first kappa shape index (κ1) is 14.7. The number of halogens is 3. The molecule has 1 saturated heterocycles. The van der Waals surface area contributed by atoms with E-state index >= 15 is 0 Å². The van der Waals surface area contributed by atoms with Crippen molar-refractivity contribution in [1.82, 2.24) is 4.90 Å². The van der Waals surface area contributed by atoms with Gasteiger partial charge in [-0.25, -0.2) is 0 Å². The Balaban J connectivity index is 2.06. The molecule has 0 N–H and O–H groups in total. The fraction of sp³-hybridized carbons (Fsp3) is 0.571. The molecule has 106 valence electrons. The quantitative estimate of drug-likeness (QED) is 0.790. The number of ether oxygens (including phenoxy) is 1. The highest BCUT2D eigenvalue weighted by Gasteiger charge is 2.37. The second-order valence-electron chi connectivity index (χ2n) is 4.96. The summed E-state index contributed by atoms with van der Waals surface area (Å²) < 4.78 is 33.9. The first-order chi connectivity index (χ1) is 9.03. The molecule has 1 fully saturated rings. The molecule has 5 heteroatoms. The molecule has 0 radical (unpaired) electrons. The van der Waals surface area contributed by atoms with Crippen LogP contribution in [0.1, 0.15) is 12.5 Å². The first-order valence-electron chi connectivity index (χ1n) is 6.38. The highest BCUT2D eigenvalue weighted by Crippen LogP contribution is 2.30. The van der Waals surface area contributed by atoms with Crippen molar-refractivity contribution >= 4 is 11.6 Å². The number of benzene rings is 1. The maximum Gasteiger partial charge on any atom is 0.285 e. The van der Waals surface area contributed by atoms with Crippen molar-refractivity contribution in [1.29, 1.82) is 0 Å². The maximum absolute atomic E-state index is 14.2. The minimum absolute atomic E-state index is 0.0194. The van der Waals surface area contributed by atoms with Crippen LogP contribution in [0.15, 0.2) is 30.3 Å².